The number of benzene rings is 2. The van der Waals surface area contributed by atoms with E-state index >= 15 is 0 Å². The van der Waals surface area contributed by atoms with Crippen LogP contribution >= 0.6 is 0 Å². The molecule has 2 aromatic carbocycles. The molecule has 1 fully saturated rings. The Morgan fingerprint density at radius 3 is 2.56 bits per heavy atom. The number of urea groups is 1. The van der Waals surface area contributed by atoms with Crippen molar-refractivity contribution in [1.29, 1.82) is 0 Å². The number of rotatable bonds is 5. The molecule has 0 aliphatic carbocycles. The molecule has 130 valence electrons. The van der Waals surface area contributed by atoms with Gasteiger partial charge in [0.1, 0.15) is 0 Å². The van der Waals surface area contributed by atoms with Gasteiger partial charge in [-0.15, -0.1) is 0 Å². The summed E-state index contributed by atoms with van der Waals surface area (Å²) in [6.07, 6.45) is 0.873. The summed E-state index contributed by atoms with van der Waals surface area (Å²) in [4.78, 5) is 22.2. The van der Waals surface area contributed by atoms with Gasteiger partial charge in [-0.2, -0.15) is 0 Å². The number of carbonyl (C=O) groups excluding carboxylic acids is 1. The van der Waals surface area contributed by atoms with Crippen LogP contribution in [0.3, 0.4) is 0 Å². The lowest BCUT2D eigenvalue weighted by molar-refractivity contribution is -0.384. The van der Waals surface area contributed by atoms with Gasteiger partial charge in [-0.3, -0.25) is 10.1 Å². The summed E-state index contributed by atoms with van der Waals surface area (Å²) in [7, 11) is 0. The Bertz CT molecular complexity index is 734. The molecule has 0 spiro atoms. The molecule has 0 unspecified atom stereocenters. The van der Waals surface area contributed by atoms with Crippen LogP contribution in [0.15, 0.2) is 54.6 Å². The molecule has 1 aliphatic rings. The monoisotopic (exact) mass is 341 g/mol. The normalized spacial score (nSPS) is 19.4. The standard InChI is InChI=1S/C18H19N3O4/c22-18(20-15-6-8-16(9-7-15)21(23)24)19-12-14-10-11-25-17(14)13-4-2-1-3-5-13/h1-9,14,17H,10-12H2,(H2,19,20,22)/t14-,17-/m1/s1. The molecule has 2 atom stereocenters. The minimum Gasteiger partial charge on any atom is -0.373 e. The molecular formula is C18H19N3O4. The van der Waals surface area contributed by atoms with Gasteiger partial charge < -0.3 is 15.4 Å². The second kappa shape index (κ2) is 7.76. The molecular weight excluding hydrogens is 322 g/mol. The lowest BCUT2D eigenvalue weighted by Gasteiger charge is -2.19. The van der Waals surface area contributed by atoms with Crippen LogP contribution in [-0.4, -0.2) is 24.1 Å². The fraction of sp³-hybridized carbons (Fsp3) is 0.278. The van der Waals surface area contributed by atoms with E-state index in [1.165, 1.54) is 24.3 Å². The predicted molar refractivity (Wildman–Crippen MR) is 93.4 cm³/mol. The van der Waals surface area contributed by atoms with Gasteiger partial charge in [0.25, 0.3) is 5.69 Å². The molecule has 7 heteroatoms. The van der Waals surface area contributed by atoms with Gasteiger partial charge in [0.15, 0.2) is 0 Å². The number of ether oxygens (including phenoxy) is 1. The summed E-state index contributed by atoms with van der Waals surface area (Å²) in [5.74, 6) is 0.213. The molecule has 2 amide bonds. The number of anilines is 1. The maximum Gasteiger partial charge on any atom is 0.319 e. The average Bonchev–Trinajstić information content (AvgIpc) is 3.10. The van der Waals surface area contributed by atoms with E-state index in [1.54, 1.807) is 0 Å². The Labute approximate surface area is 145 Å². The maximum atomic E-state index is 12.0. The SMILES string of the molecule is O=C(NC[C@H]1CCO[C@@H]1c1ccccc1)Nc1ccc([N+](=O)[O-])cc1. The zero-order valence-corrected chi connectivity index (χ0v) is 13.6. The first-order valence-electron chi connectivity index (χ1n) is 8.09. The average molecular weight is 341 g/mol. The third kappa shape index (κ3) is 4.33. The summed E-state index contributed by atoms with van der Waals surface area (Å²) in [5.41, 5.74) is 1.60. The van der Waals surface area contributed by atoms with E-state index in [0.717, 1.165) is 12.0 Å². The van der Waals surface area contributed by atoms with Gasteiger partial charge in [0.2, 0.25) is 0 Å². The fourth-order valence-corrected chi connectivity index (χ4v) is 2.92. The summed E-state index contributed by atoms with van der Waals surface area (Å²) in [5, 5.41) is 16.1. The highest BCUT2D eigenvalue weighted by Crippen LogP contribution is 2.33. The summed E-state index contributed by atoms with van der Waals surface area (Å²) < 4.78 is 5.80. The van der Waals surface area contributed by atoms with Crippen LogP contribution < -0.4 is 10.6 Å². The van der Waals surface area contributed by atoms with Gasteiger partial charge in [0.05, 0.1) is 11.0 Å². The van der Waals surface area contributed by atoms with Crippen LogP contribution in [0.5, 0.6) is 0 Å². The molecule has 1 saturated heterocycles. The summed E-state index contributed by atoms with van der Waals surface area (Å²) >= 11 is 0. The van der Waals surface area contributed by atoms with E-state index in [-0.39, 0.29) is 23.7 Å². The van der Waals surface area contributed by atoms with Gasteiger partial charge in [0, 0.05) is 36.9 Å². The molecule has 7 nitrogen and oxygen atoms in total. The summed E-state index contributed by atoms with van der Waals surface area (Å²) in [6.45, 7) is 1.17. The van der Waals surface area contributed by atoms with Gasteiger partial charge in [-0.05, 0) is 24.1 Å². The number of hydrogen-bond acceptors (Lipinski definition) is 4. The van der Waals surface area contributed by atoms with E-state index in [4.69, 9.17) is 4.74 Å². The highest BCUT2D eigenvalue weighted by Gasteiger charge is 2.29. The topological polar surface area (TPSA) is 93.5 Å². The van der Waals surface area contributed by atoms with Crippen molar-refractivity contribution in [1.82, 2.24) is 5.32 Å². The van der Waals surface area contributed by atoms with Crippen LogP contribution in [0.4, 0.5) is 16.2 Å². The molecule has 2 aromatic rings. The van der Waals surface area contributed by atoms with Crippen LogP contribution in [0.1, 0.15) is 18.1 Å². The Kier molecular flexibility index (Phi) is 5.25. The van der Waals surface area contributed by atoms with Gasteiger partial charge >= 0.3 is 6.03 Å². The molecule has 0 aromatic heterocycles. The Morgan fingerprint density at radius 1 is 1.16 bits per heavy atom. The van der Waals surface area contributed by atoms with Gasteiger partial charge in [-0.1, -0.05) is 30.3 Å². The zero-order chi connectivity index (χ0) is 17.6. The highest BCUT2D eigenvalue weighted by atomic mass is 16.6. The van der Waals surface area contributed by atoms with Crippen LogP contribution in [0, 0.1) is 16.0 Å². The lowest BCUT2D eigenvalue weighted by atomic mass is 9.95. The first-order chi connectivity index (χ1) is 12.1. The molecule has 0 radical (unpaired) electrons. The molecule has 0 bridgehead atoms. The van der Waals surface area contributed by atoms with Crippen LogP contribution in [0.25, 0.3) is 0 Å². The number of nitrogens with one attached hydrogen (secondary N) is 2. The first kappa shape index (κ1) is 16.9. The van der Waals surface area contributed by atoms with Crippen molar-refractivity contribution in [3.05, 3.63) is 70.3 Å². The van der Waals surface area contributed by atoms with E-state index in [1.807, 2.05) is 30.3 Å². The zero-order valence-electron chi connectivity index (χ0n) is 13.6. The number of nitro benzene ring substituents is 1. The Balaban J connectivity index is 1.52. The third-order valence-electron chi connectivity index (χ3n) is 4.20. The smallest absolute Gasteiger partial charge is 0.319 e. The number of nitrogens with zero attached hydrogens (tertiary/aromatic N) is 1. The molecule has 1 aliphatic heterocycles. The number of amides is 2. The molecule has 3 rings (SSSR count). The van der Waals surface area contributed by atoms with E-state index in [9.17, 15) is 14.9 Å². The number of carbonyl (C=O) groups is 1. The van der Waals surface area contributed by atoms with Crippen molar-refractivity contribution >= 4 is 17.4 Å². The van der Waals surface area contributed by atoms with E-state index in [0.29, 0.717) is 18.8 Å². The van der Waals surface area contributed by atoms with Crippen molar-refractivity contribution in [3.8, 4) is 0 Å². The number of non-ortho nitro benzene ring substituents is 1. The van der Waals surface area contributed by atoms with Gasteiger partial charge in [-0.25, -0.2) is 4.79 Å². The molecule has 1 heterocycles. The number of hydrogen-bond donors (Lipinski definition) is 2. The van der Waals surface area contributed by atoms with Crippen molar-refractivity contribution in [2.75, 3.05) is 18.5 Å². The van der Waals surface area contributed by atoms with Crippen molar-refractivity contribution < 1.29 is 14.5 Å². The van der Waals surface area contributed by atoms with Crippen molar-refractivity contribution in [3.63, 3.8) is 0 Å². The maximum absolute atomic E-state index is 12.0. The minimum atomic E-state index is -0.479. The second-order valence-corrected chi connectivity index (χ2v) is 5.89. The van der Waals surface area contributed by atoms with E-state index in [2.05, 4.69) is 10.6 Å². The van der Waals surface area contributed by atoms with Crippen LogP contribution in [0.2, 0.25) is 0 Å². The second-order valence-electron chi connectivity index (χ2n) is 5.89. The minimum absolute atomic E-state index is 0.0131. The highest BCUT2D eigenvalue weighted by molar-refractivity contribution is 5.89. The summed E-state index contributed by atoms with van der Waals surface area (Å²) in [6, 6.07) is 15.3. The molecule has 0 saturated carbocycles. The first-order valence-corrected chi connectivity index (χ1v) is 8.09. The molecule has 2 N–H and O–H groups in total. The van der Waals surface area contributed by atoms with Crippen molar-refractivity contribution in [2.24, 2.45) is 5.92 Å². The Morgan fingerprint density at radius 2 is 1.88 bits per heavy atom. The fourth-order valence-electron chi connectivity index (χ4n) is 2.92. The van der Waals surface area contributed by atoms with Crippen LogP contribution in [-0.2, 0) is 4.74 Å². The quantitative estimate of drug-likeness (QED) is 0.643. The molecule has 25 heavy (non-hydrogen) atoms. The van der Waals surface area contributed by atoms with Crippen molar-refractivity contribution in [2.45, 2.75) is 12.5 Å². The Hall–Kier alpha value is -2.93. The number of nitro groups is 1. The largest absolute Gasteiger partial charge is 0.373 e. The third-order valence-corrected chi connectivity index (χ3v) is 4.20. The predicted octanol–water partition coefficient (Wildman–Crippen LogP) is 3.49. The van der Waals surface area contributed by atoms with E-state index < -0.39 is 4.92 Å². The lowest BCUT2D eigenvalue weighted by Crippen LogP contribution is -2.34.